The summed E-state index contributed by atoms with van der Waals surface area (Å²) in [5.74, 6) is 0.273. The number of hydrogen-bond acceptors (Lipinski definition) is 6. The zero-order valence-electron chi connectivity index (χ0n) is 13.5. The molecule has 138 valence electrons. The Hall–Kier alpha value is -2.10. The van der Waals surface area contributed by atoms with Crippen molar-refractivity contribution >= 4 is 49.9 Å². The average molecular weight is 415 g/mol. The van der Waals surface area contributed by atoms with E-state index in [2.05, 4.69) is 15.0 Å². The molecule has 0 fully saturated rings. The highest BCUT2D eigenvalue weighted by Gasteiger charge is 2.20. The maximum Gasteiger partial charge on any atom is 0.328 e. The summed E-state index contributed by atoms with van der Waals surface area (Å²) in [7, 11) is -3.26. The number of imidazole rings is 1. The van der Waals surface area contributed by atoms with Crippen LogP contribution < -0.4 is 11.4 Å². The Balaban J connectivity index is 2.11. The Morgan fingerprint density at radius 3 is 2.62 bits per heavy atom. The van der Waals surface area contributed by atoms with Gasteiger partial charge in [-0.25, -0.2) is 18.8 Å². The fourth-order valence-corrected chi connectivity index (χ4v) is 4.08. The Morgan fingerprint density at radius 1 is 1.27 bits per heavy atom. The van der Waals surface area contributed by atoms with Crippen LogP contribution >= 0.6 is 23.2 Å². The molecule has 0 aliphatic heterocycles. The fourth-order valence-electron chi connectivity index (χ4n) is 2.45. The number of hydrogen-bond donors (Lipinski definition) is 3. The molecule has 3 aromatic rings. The third kappa shape index (κ3) is 3.69. The molecule has 3 rings (SSSR count). The van der Waals surface area contributed by atoms with Crippen LogP contribution in [0, 0.1) is 4.78 Å². The summed E-state index contributed by atoms with van der Waals surface area (Å²) in [6, 6.07) is 7.00. The topological polar surface area (TPSA) is 131 Å². The van der Waals surface area contributed by atoms with E-state index in [-0.39, 0.29) is 40.3 Å². The maximum atomic E-state index is 12.6. The number of nitrogens with one attached hydrogen (secondary N) is 2. The summed E-state index contributed by atoms with van der Waals surface area (Å²) in [6.45, 7) is 0.215. The van der Waals surface area contributed by atoms with Crippen LogP contribution in [-0.2, 0) is 16.3 Å². The van der Waals surface area contributed by atoms with E-state index in [1.807, 2.05) is 0 Å². The third-order valence-electron chi connectivity index (χ3n) is 3.74. The first kappa shape index (κ1) is 18.7. The van der Waals surface area contributed by atoms with Gasteiger partial charge >= 0.3 is 5.69 Å². The van der Waals surface area contributed by atoms with E-state index in [0.29, 0.717) is 11.4 Å². The predicted molar refractivity (Wildman–Crippen MR) is 102 cm³/mol. The van der Waals surface area contributed by atoms with E-state index in [9.17, 15) is 9.00 Å². The van der Waals surface area contributed by atoms with Gasteiger partial charge in [0, 0.05) is 16.7 Å². The van der Waals surface area contributed by atoms with E-state index < -0.39 is 15.4 Å². The summed E-state index contributed by atoms with van der Waals surface area (Å²) in [5, 5.41) is 0.388. The van der Waals surface area contributed by atoms with Gasteiger partial charge in [0.05, 0.1) is 6.54 Å². The highest BCUT2D eigenvalue weighted by atomic mass is 35.5. The molecule has 0 radical (unpaired) electrons. The summed E-state index contributed by atoms with van der Waals surface area (Å²) in [4.78, 5) is 23.1. The van der Waals surface area contributed by atoms with Gasteiger partial charge in [-0.3, -0.25) is 4.57 Å². The van der Waals surface area contributed by atoms with Crippen molar-refractivity contribution < 1.29 is 4.21 Å². The molecule has 0 amide bonds. The van der Waals surface area contributed by atoms with Crippen LogP contribution in [-0.4, -0.2) is 35.4 Å². The molecular weight excluding hydrogens is 399 g/mol. The van der Waals surface area contributed by atoms with E-state index in [1.165, 1.54) is 4.57 Å². The predicted octanol–water partition coefficient (Wildman–Crippen LogP) is 2.44. The fraction of sp³-hybridized carbons (Fsp3) is 0.267. The van der Waals surface area contributed by atoms with Crippen molar-refractivity contribution in [2.24, 2.45) is 0 Å². The van der Waals surface area contributed by atoms with Crippen molar-refractivity contribution in [1.29, 1.82) is 4.78 Å². The Kier molecular flexibility index (Phi) is 5.22. The lowest BCUT2D eigenvalue weighted by Gasteiger charge is -2.08. The number of anilines is 1. The number of aromatic amines is 1. The molecule has 1 unspecified atom stereocenters. The lowest BCUT2D eigenvalue weighted by atomic mass is 10.2. The lowest BCUT2D eigenvalue weighted by Crippen LogP contribution is -2.18. The van der Waals surface area contributed by atoms with Crippen LogP contribution in [0.1, 0.15) is 12.0 Å². The number of H-pyrrole nitrogens is 1. The Morgan fingerprint density at radius 2 is 1.96 bits per heavy atom. The number of alkyl halides is 1. The van der Waals surface area contributed by atoms with Gasteiger partial charge in [-0.15, -0.1) is 11.6 Å². The SMILES string of the molecule is N=S(=O)(CCCCl)c1nc(N)c2[nH]c(=O)n(Cc3ccc(Cl)cc3)c2n1. The van der Waals surface area contributed by atoms with Crippen molar-refractivity contribution in [3.8, 4) is 0 Å². The monoisotopic (exact) mass is 414 g/mol. The van der Waals surface area contributed by atoms with Gasteiger partial charge in [-0.05, 0) is 24.1 Å². The highest BCUT2D eigenvalue weighted by Crippen LogP contribution is 2.19. The number of nitrogen functional groups attached to an aromatic ring is 1. The molecule has 0 saturated carbocycles. The number of benzene rings is 1. The van der Waals surface area contributed by atoms with Gasteiger partial charge < -0.3 is 10.7 Å². The molecule has 4 N–H and O–H groups in total. The van der Waals surface area contributed by atoms with Gasteiger partial charge in [0.15, 0.2) is 11.5 Å². The second-order valence-corrected chi connectivity index (χ2v) is 8.59. The molecule has 11 heteroatoms. The largest absolute Gasteiger partial charge is 0.382 e. The van der Waals surface area contributed by atoms with E-state index in [4.69, 9.17) is 33.7 Å². The quantitative estimate of drug-likeness (QED) is 0.421. The minimum absolute atomic E-state index is 0.0211. The number of halogens is 2. The molecule has 8 nitrogen and oxygen atoms in total. The van der Waals surface area contributed by atoms with Crippen molar-refractivity contribution in [2.45, 2.75) is 18.1 Å². The summed E-state index contributed by atoms with van der Waals surface area (Å²) < 4.78 is 22.0. The molecule has 0 spiro atoms. The second-order valence-electron chi connectivity index (χ2n) is 5.65. The van der Waals surface area contributed by atoms with Gasteiger partial charge in [-0.1, -0.05) is 23.7 Å². The van der Waals surface area contributed by atoms with Crippen LogP contribution in [0.15, 0.2) is 34.2 Å². The smallest absolute Gasteiger partial charge is 0.328 e. The van der Waals surface area contributed by atoms with E-state index in [1.54, 1.807) is 24.3 Å². The van der Waals surface area contributed by atoms with Crippen LogP contribution in [0.5, 0.6) is 0 Å². The normalized spacial score (nSPS) is 13.8. The number of nitrogens with two attached hydrogens (primary N) is 1. The standard InChI is InChI=1S/C15H16Cl2N6O2S/c16-6-1-7-26(19,25)14-21-12(18)11-13(22-14)23(15(24)20-11)8-9-2-4-10(17)5-3-9/h2-5,19H,1,6-8H2,(H,20,24)(H2,18,21,22). The minimum atomic E-state index is -3.26. The first-order valence-corrected chi connectivity index (χ1v) is 10.3. The summed E-state index contributed by atoms with van der Waals surface area (Å²) in [6.07, 6.45) is 0.385. The first-order valence-electron chi connectivity index (χ1n) is 7.65. The van der Waals surface area contributed by atoms with Gasteiger partial charge in [0.1, 0.15) is 15.2 Å². The van der Waals surface area contributed by atoms with Crippen molar-refractivity contribution in [3.05, 3.63) is 45.3 Å². The zero-order valence-corrected chi connectivity index (χ0v) is 15.9. The molecule has 2 heterocycles. The Bertz CT molecular complexity index is 1110. The molecule has 1 aromatic carbocycles. The lowest BCUT2D eigenvalue weighted by molar-refractivity contribution is 0.665. The van der Waals surface area contributed by atoms with Crippen LogP contribution in [0.3, 0.4) is 0 Å². The molecule has 1 atom stereocenters. The molecule has 0 saturated heterocycles. The Labute approximate surface area is 159 Å². The van der Waals surface area contributed by atoms with Gasteiger partial charge in [0.2, 0.25) is 5.16 Å². The second kappa shape index (κ2) is 7.26. The van der Waals surface area contributed by atoms with E-state index >= 15 is 0 Å². The van der Waals surface area contributed by atoms with Gasteiger partial charge in [-0.2, -0.15) is 4.98 Å². The number of fused-ring (bicyclic) bond motifs is 1. The summed E-state index contributed by atoms with van der Waals surface area (Å²) in [5.41, 5.74) is 6.75. The number of rotatable bonds is 6. The number of aromatic nitrogens is 4. The average Bonchev–Trinajstić information content (AvgIpc) is 2.92. The molecule has 2 aromatic heterocycles. The van der Waals surface area contributed by atoms with Crippen LogP contribution in [0.25, 0.3) is 11.2 Å². The van der Waals surface area contributed by atoms with E-state index in [0.717, 1.165) is 5.56 Å². The highest BCUT2D eigenvalue weighted by molar-refractivity contribution is 7.92. The summed E-state index contributed by atoms with van der Waals surface area (Å²) >= 11 is 11.5. The van der Waals surface area contributed by atoms with Crippen molar-refractivity contribution in [2.75, 3.05) is 17.4 Å². The molecule has 0 aliphatic rings. The van der Waals surface area contributed by atoms with Crippen LogP contribution in [0.2, 0.25) is 5.02 Å². The number of nitrogens with zero attached hydrogens (tertiary/aromatic N) is 3. The van der Waals surface area contributed by atoms with Gasteiger partial charge in [0.25, 0.3) is 0 Å². The molecule has 0 bridgehead atoms. The zero-order chi connectivity index (χ0) is 18.9. The molecular formula is C15H16Cl2N6O2S. The van der Waals surface area contributed by atoms with Crippen LogP contribution in [0.4, 0.5) is 5.82 Å². The minimum Gasteiger partial charge on any atom is -0.382 e. The molecule has 26 heavy (non-hydrogen) atoms. The van der Waals surface area contributed by atoms with Crippen molar-refractivity contribution in [3.63, 3.8) is 0 Å². The molecule has 0 aliphatic carbocycles. The third-order valence-corrected chi connectivity index (χ3v) is 5.90. The first-order chi connectivity index (χ1) is 12.3. The van der Waals surface area contributed by atoms with Crippen molar-refractivity contribution in [1.82, 2.24) is 19.5 Å². The maximum absolute atomic E-state index is 12.6.